The van der Waals surface area contributed by atoms with Crippen molar-refractivity contribution in [1.82, 2.24) is 0 Å². The van der Waals surface area contributed by atoms with Gasteiger partial charge in [-0.15, -0.1) is 0 Å². The number of carbonyl (C=O) groups is 2. The number of aliphatic carboxylic acids is 2. The van der Waals surface area contributed by atoms with Gasteiger partial charge < -0.3 is 13.1 Å². The molecule has 0 aliphatic carbocycles. The fourth-order valence-corrected chi connectivity index (χ4v) is 3.00. The maximum Gasteiger partial charge on any atom is 2.00 e. The monoisotopic (exact) mass is 420 g/mol. The molecule has 0 fully saturated rings. The SMILES string of the molecule is CCCC(C(=O)O)C(=O)O.CCCCCCCCCC(C)c1ccccc1.[Ca+2].[H-].[H-]. The molecule has 1 unspecified atom stereocenters. The number of carboxylic acids is 2. The zero-order valence-corrected chi connectivity index (χ0v) is 20.2. The minimum absolute atomic E-state index is 0. The Morgan fingerprint density at radius 3 is 1.75 bits per heavy atom. The first-order valence-corrected chi connectivity index (χ1v) is 10.4. The van der Waals surface area contributed by atoms with E-state index < -0.39 is 17.9 Å². The van der Waals surface area contributed by atoms with Crippen LogP contribution < -0.4 is 0 Å². The number of unbranched alkanes of at least 4 members (excludes halogenated alkanes) is 6. The molecule has 0 radical (unpaired) electrons. The third-order valence-electron chi connectivity index (χ3n) is 4.78. The fraction of sp³-hybridized carbons (Fsp3) is 0.652. The predicted molar refractivity (Wildman–Crippen MR) is 119 cm³/mol. The Kier molecular flexibility index (Phi) is 20.9. The topological polar surface area (TPSA) is 74.6 Å². The molecular formula is C23H40CaO4. The normalized spacial score (nSPS) is 11.1. The van der Waals surface area contributed by atoms with Gasteiger partial charge in [0, 0.05) is 0 Å². The van der Waals surface area contributed by atoms with Crippen LogP contribution in [0.1, 0.15) is 99.3 Å². The molecule has 1 atom stereocenters. The van der Waals surface area contributed by atoms with E-state index >= 15 is 0 Å². The van der Waals surface area contributed by atoms with Gasteiger partial charge in [-0.3, -0.25) is 9.59 Å². The Labute approximate surface area is 204 Å². The molecule has 1 rings (SSSR count). The van der Waals surface area contributed by atoms with E-state index in [1.807, 2.05) is 0 Å². The molecule has 158 valence electrons. The van der Waals surface area contributed by atoms with E-state index in [2.05, 4.69) is 44.2 Å². The van der Waals surface area contributed by atoms with Gasteiger partial charge in [-0.25, -0.2) is 0 Å². The van der Waals surface area contributed by atoms with Crippen molar-refractivity contribution in [2.24, 2.45) is 5.92 Å². The molecule has 1 aromatic carbocycles. The van der Waals surface area contributed by atoms with Crippen LogP contribution >= 0.6 is 0 Å². The van der Waals surface area contributed by atoms with Crippen LogP contribution in [0.4, 0.5) is 0 Å². The maximum absolute atomic E-state index is 10.2. The van der Waals surface area contributed by atoms with Crippen molar-refractivity contribution in [3.8, 4) is 0 Å². The Hall–Kier alpha value is -0.580. The molecule has 0 aliphatic rings. The van der Waals surface area contributed by atoms with Crippen molar-refractivity contribution in [3.05, 3.63) is 35.9 Å². The molecule has 0 heterocycles. The van der Waals surface area contributed by atoms with Crippen LogP contribution in [-0.2, 0) is 9.59 Å². The Bertz CT molecular complexity index is 501. The van der Waals surface area contributed by atoms with Gasteiger partial charge >= 0.3 is 49.7 Å². The molecule has 0 aliphatic heterocycles. The summed E-state index contributed by atoms with van der Waals surface area (Å²) in [7, 11) is 0. The van der Waals surface area contributed by atoms with Crippen LogP contribution in [0.3, 0.4) is 0 Å². The summed E-state index contributed by atoms with van der Waals surface area (Å²) in [5.74, 6) is -3.01. The van der Waals surface area contributed by atoms with Crippen LogP contribution in [0.25, 0.3) is 0 Å². The summed E-state index contributed by atoms with van der Waals surface area (Å²) >= 11 is 0. The van der Waals surface area contributed by atoms with Gasteiger partial charge in [0.05, 0.1) is 0 Å². The van der Waals surface area contributed by atoms with Crippen molar-refractivity contribution >= 4 is 49.7 Å². The zero-order chi connectivity index (χ0) is 20.5. The molecule has 28 heavy (non-hydrogen) atoms. The molecule has 0 aromatic heterocycles. The molecule has 5 heteroatoms. The molecule has 0 saturated carbocycles. The molecule has 0 saturated heterocycles. The maximum atomic E-state index is 10.2. The average Bonchev–Trinajstić information content (AvgIpc) is 2.66. The summed E-state index contributed by atoms with van der Waals surface area (Å²) < 4.78 is 0. The molecule has 2 N–H and O–H groups in total. The van der Waals surface area contributed by atoms with Crippen LogP contribution in [0.15, 0.2) is 30.3 Å². The molecule has 4 nitrogen and oxygen atoms in total. The third-order valence-corrected chi connectivity index (χ3v) is 4.78. The van der Waals surface area contributed by atoms with E-state index in [0.29, 0.717) is 6.42 Å². The summed E-state index contributed by atoms with van der Waals surface area (Å²) in [5.41, 5.74) is 1.50. The van der Waals surface area contributed by atoms with Gasteiger partial charge in [-0.1, -0.05) is 102 Å². The molecule has 1 aromatic rings. The van der Waals surface area contributed by atoms with Crippen LogP contribution in [0, 0.1) is 5.92 Å². The first-order chi connectivity index (χ1) is 12.9. The summed E-state index contributed by atoms with van der Waals surface area (Å²) in [6.07, 6.45) is 12.0. The summed E-state index contributed by atoms with van der Waals surface area (Å²) in [5, 5.41) is 16.6. The number of hydrogen-bond donors (Lipinski definition) is 2. The Morgan fingerprint density at radius 1 is 0.821 bits per heavy atom. The van der Waals surface area contributed by atoms with Crippen molar-refractivity contribution in [2.75, 3.05) is 0 Å². The molecule has 0 spiro atoms. The second kappa shape index (κ2) is 19.7. The summed E-state index contributed by atoms with van der Waals surface area (Å²) in [6.45, 7) is 6.38. The summed E-state index contributed by atoms with van der Waals surface area (Å²) in [4.78, 5) is 20.3. The first kappa shape index (κ1) is 29.6. The molecular weight excluding hydrogens is 380 g/mol. The van der Waals surface area contributed by atoms with Crippen molar-refractivity contribution in [3.63, 3.8) is 0 Å². The Balaban J connectivity index is -0.000000228. The van der Waals surface area contributed by atoms with E-state index in [-0.39, 0.29) is 47.0 Å². The Morgan fingerprint density at radius 2 is 1.32 bits per heavy atom. The van der Waals surface area contributed by atoms with E-state index in [0.717, 1.165) is 5.92 Å². The first-order valence-electron chi connectivity index (χ1n) is 10.4. The third kappa shape index (κ3) is 15.4. The van der Waals surface area contributed by atoms with Crippen molar-refractivity contribution < 1.29 is 22.7 Å². The minimum atomic E-state index is -1.26. The molecule has 0 amide bonds. The fourth-order valence-electron chi connectivity index (χ4n) is 3.00. The largest absolute Gasteiger partial charge is 2.00 e. The second-order valence-electron chi connectivity index (χ2n) is 7.24. The number of hydrogen-bond acceptors (Lipinski definition) is 2. The van der Waals surface area contributed by atoms with Crippen molar-refractivity contribution in [1.29, 1.82) is 0 Å². The standard InChI is InChI=1S/C17H28.C6H10O4.Ca.2H/c1-3-4-5-6-7-8-10-13-16(2)17-14-11-9-12-15-17;1-2-3-4(5(7)8)6(9)10;;;/h9,11-12,14-16H,3-8,10,13H2,1-2H3;4H,2-3H2,1H3,(H,7,8)(H,9,10);;;/q;;+2;2*-1. The van der Waals surface area contributed by atoms with Gasteiger partial charge in [0.15, 0.2) is 5.92 Å². The van der Waals surface area contributed by atoms with E-state index in [1.54, 1.807) is 6.92 Å². The summed E-state index contributed by atoms with van der Waals surface area (Å²) in [6, 6.07) is 10.9. The smallest absolute Gasteiger partial charge is 1.00 e. The number of rotatable bonds is 13. The van der Waals surface area contributed by atoms with Gasteiger partial charge in [0.2, 0.25) is 0 Å². The molecule has 0 bridgehead atoms. The minimum Gasteiger partial charge on any atom is -1.00 e. The van der Waals surface area contributed by atoms with E-state index in [9.17, 15) is 9.59 Å². The van der Waals surface area contributed by atoms with Crippen LogP contribution in [0.2, 0.25) is 0 Å². The number of carboxylic acid groups (broad SMARTS) is 2. The predicted octanol–water partition coefficient (Wildman–Crippen LogP) is 6.35. The second-order valence-corrected chi connectivity index (χ2v) is 7.24. The van der Waals surface area contributed by atoms with E-state index in [1.165, 1.54) is 56.9 Å². The zero-order valence-electron chi connectivity index (χ0n) is 20.0. The average molecular weight is 421 g/mol. The van der Waals surface area contributed by atoms with E-state index in [4.69, 9.17) is 10.2 Å². The van der Waals surface area contributed by atoms with Crippen LogP contribution in [0.5, 0.6) is 0 Å². The van der Waals surface area contributed by atoms with Gasteiger partial charge in [-0.2, -0.15) is 0 Å². The van der Waals surface area contributed by atoms with Gasteiger partial charge in [0.1, 0.15) is 0 Å². The van der Waals surface area contributed by atoms with Gasteiger partial charge in [0.25, 0.3) is 0 Å². The van der Waals surface area contributed by atoms with Crippen molar-refractivity contribution in [2.45, 2.75) is 90.9 Å². The van der Waals surface area contributed by atoms with Gasteiger partial charge in [-0.05, 0) is 24.3 Å². The number of benzene rings is 1. The quantitative estimate of drug-likeness (QED) is 0.222. The van der Waals surface area contributed by atoms with Crippen LogP contribution in [-0.4, -0.2) is 59.9 Å².